The molecular formula is C17H23N3O. The quantitative estimate of drug-likeness (QED) is 0.656. The monoisotopic (exact) mass is 285 g/mol. The van der Waals surface area contributed by atoms with Crippen molar-refractivity contribution in [1.29, 1.82) is 0 Å². The molecule has 21 heavy (non-hydrogen) atoms. The van der Waals surface area contributed by atoms with Crippen LogP contribution in [0.3, 0.4) is 0 Å². The van der Waals surface area contributed by atoms with Gasteiger partial charge >= 0.3 is 0 Å². The molecule has 2 aromatic rings. The maximum Gasteiger partial charge on any atom is 0.191 e. The highest BCUT2D eigenvalue weighted by molar-refractivity contribution is 5.80. The van der Waals surface area contributed by atoms with Gasteiger partial charge in [-0.1, -0.05) is 25.1 Å². The first-order chi connectivity index (χ1) is 10.3. The summed E-state index contributed by atoms with van der Waals surface area (Å²) < 4.78 is 5.81. The van der Waals surface area contributed by atoms with E-state index in [-0.39, 0.29) is 0 Å². The summed E-state index contributed by atoms with van der Waals surface area (Å²) in [7, 11) is 0. The SMILES string of the molecule is CCNC(=NCCc1cc2ccccc2o1)NC1CC1C. The van der Waals surface area contributed by atoms with Crippen LogP contribution >= 0.6 is 0 Å². The third-order valence-corrected chi connectivity index (χ3v) is 3.88. The lowest BCUT2D eigenvalue weighted by Gasteiger charge is -2.10. The van der Waals surface area contributed by atoms with Crippen LogP contribution in [0.15, 0.2) is 39.7 Å². The Morgan fingerprint density at radius 2 is 2.19 bits per heavy atom. The van der Waals surface area contributed by atoms with Gasteiger partial charge in [-0.25, -0.2) is 0 Å². The summed E-state index contributed by atoms with van der Waals surface area (Å²) in [5, 5.41) is 7.92. The molecule has 0 bridgehead atoms. The number of nitrogens with one attached hydrogen (secondary N) is 2. The molecule has 2 N–H and O–H groups in total. The second-order valence-corrected chi connectivity index (χ2v) is 5.73. The summed E-state index contributed by atoms with van der Waals surface area (Å²) in [6, 6.07) is 10.8. The Labute approximate surface area is 125 Å². The van der Waals surface area contributed by atoms with Crippen molar-refractivity contribution < 1.29 is 4.42 Å². The molecule has 0 spiro atoms. The zero-order valence-corrected chi connectivity index (χ0v) is 12.7. The fourth-order valence-corrected chi connectivity index (χ4v) is 2.46. The molecule has 1 heterocycles. The van der Waals surface area contributed by atoms with E-state index in [2.05, 4.69) is 41.6 Å². The van der Waals surface area contributed by atoms with Gasteiger partial charge in [-0.15, -0.1) is 0 Å². The molecule has 1 aromatic heterocycles. The highest BCUT2D eigenvalue weighted by Gasteiger charge is 2.33. The predicted octanol–water partition coefficient (Wildman–Crippen LogP) is 2.94. The van der Waals surface area contributed by atoms with Gasteiger partial charge in [0.2, 0.25) is 0 Å². The number of nitrogens with zero attached hydrogens (tertiary/aromatic N) is 1. The van der Waals surface area contributed by atoms with E-state index in [1.54, 1.807) is 0 Å². The van der Waals surface area contributed by atoms with E-state index in [9.17, 15) is 0 Å². The van der Waals surface area contributed by atoms with Crippen LogP contribution in [0, 0.1) is 5.92 Å². The van der Waals surface area contributed by atoms with E-state index >= 15 is 0 Å². The molecule has 0 aliphatic heterocycles. The van der Waals surface area contributed by atoms with Gasteiger partial charge in [-0.2, -0.15) is 0 Å². The first-order valence-electron chi connectivity index (χ1n) is 7.78. The van der Waals surface area contributed by atoms with Crippen molar-refractivity contribution in [2.45, 2.75) is 32.7 Å². The van der Waals surface area contributed by atoms with Crippen LogP contribution in [0.1, 0.15) is 26.0 Å². The normalized spacial score (nSPS) is 21.5. The number of para-hydroxylation sites is 1. The smallest absolute Gasteiger partial charge is 0.191 e. The molecule has 0 saturated heterocycles. The van der Waals surface area contributed by atoms with Crippen molar-refractivity contribution in [3.63, 3.8) is 0 Å². The molecule has 0 amide bonds. The molecule has 2 atom stereocenters. The lowest BCUT2D eigenvalue weighted by atomic mass is 10.2. The molecule has 1 aliphatic rings. The van der Waals surface area contributed by atoms with Gasteiger partial charge in [0.15, 0.2) is 5.96 Å². The van der Waals surface area contributed by atoms with Crippen molar-refractivity contribution in [2.75, 3.05) is 13.1 Å². The Balaban J connectivity index is 1.58. The molecular weight excluding hydrogens is 262 g/mol. The fourth-order valence-electron chi connectivity index (χ4n) is 2.46. The average Bonchev–Trinajstić information content (AvgIpc) is 3.01. The highest BCUT2D eigenvalue weighted by atomic mass is 16.3. The number of hydrogen-bond donors (Lipinski definition) is 2. The van der Waals surface area contributed by atoms with Crippen molar-refractivity contribution in [1.82, 2.24) is 10.6 Å². The van der Waals surface area contributed by atoms with E-state index in [0.717, 1.165) is 48.1 Å². The van der Waals surface area contributed by atoms with E-state index in [1.165, 1.54) is 6.42 Å². The van der Waals surface area contributed by atoms with Crippen molar-refractivity contribution in [3.8, 4) is 0 Å². The molecule has 1 fully saturated rings. The van der Waals surface area contributed by atoms with Crippen LogP contribution < -0.4 is 10.6 Å². The van der Waals surface area contributed by atoms with E-state index in [1.807, 2.05) is 18.2 Å². The van der Waals surface area contributed by atoms with Crippen LogP contribution in [0.4, 0.5) is 0 Å². The summed E-state index contributed by atoms with van der Waals surface area (Å²) in [5.74, 6) is 2.68. The van der Waals surface area contributed by atoms with Crippen molar-refractivity contribution in [2.24, 2.45) is 10.9 Å². The van der Waals surface area contributed by atoms with Crippen LogP contribution in [-0.4, -0.2) is 25.1 Å². The Bertz CT molecular complexity index is 599. The summed E-state index contributed by atoms with van der Waals surface area (Å²) >= 11 is 0. The van der Waals surface area contributed by atoms with Crippen molar-refractivity contribution >= 4 is 16.9 Å². The highest BCUT2D eigenvalue weighted by Crippen LogP contribution is 2.28. The summed E-state index contributed by atoms with van der Waals surface area (Å²) in [4.78, 5) is 4.63. The average molecular weight is 285 g/mol. The van der Waals surface area contributed by atoms with E-state index < -0.39 is 0 Å². The third-order valence-electron chi connectivity index (χ3n) is 3.88. The minimum atomic E-state index is 0.592. The first-order valence-corrected chi connectivity index (χ1v) is 7.78. The van der Waals surface area contributed by atoms with Crippen LogP contribution in [0.25, 0.3) is 11.0 Å². The number of guanidine groups is 1. The van der Waals surface area contributed by atoms with Crippen molar-refractivity contribution in [3.05, 3.63) is 36.1 Å². The second kappa shape index (κ2) is 6.20. The molecule has 2 unspecified atom stereocenters. The minimum Gasteiger partial charge on any atom is -0.461 e. The molecule has 112 valence electrons. The maximum absolute atomic E-state index is 5.81. The zero-order chi connectivity index (χ0) is 14.7. The number of furan rings is 1. The summed E-state index contributed by atoms with van der Waals surface area (Å²) in [6.07, 6.45) is 2.07. The number of fused-ring (bicyclic) bond motifs is 1. The van der Waals surface area contributed by atoms with Gasteiger partial charge in [0.05, 0.1) is 0 Å². The Morgan fingerprint density at radius 3 is 2.90 bits per heavy atom. The summed E-state index contributed by atoms with van der Waals surface area (Å²) in [5.41, 5.74) is 0.952. The van der Waals surface area contributed by atoms with Gasteiger partial charge < -0.3 is 15.1 Å². The topological polar surface area (TPSA) is 49.6 Å². The molecule has 4 heteroatoms. The van der Waals surface area contributed by atoms with Gasteiger partial charge in [0.1, 0.15) is 11.3 Å². The van der Waals surface area contributed by atoms with Gasteiger partial charge in [-0.3, -0.25) is 4.99 Å². The molecule has 4 nitrogen and oxygen atoms in total. The lowest BCUT2D eigenvalue weighted by Crippen LogP contribution is -2.39. The van der Waals surface area contributed by atoms with Crippen LogP contribution in [0.2, 0.25) is 0 Å². The van der Waals surface area contributed by atoms with Crippen LogP contribution in [-0.2, 0) is 6.42 Å². The number of rotatable bonds is 5. The first kappa shape index (κ1) is 14.0. The minimum absolute atomic E-state index is 0.592. The molecule has 1 aromatic carbocycles. The van der Waals surface area contributed by atoms with Gasteiger partial charge in [0.25, 0.3) is 0 Å². The Hall–Kier alpha value is -1.97. The van der Waals surface area contributed by atoms with E-state index in [4.69, 9.17) is 4.42 Å². The second-order valence-electron chi connectivity index (χ2n) is 5.73. The predicted molar refractivity (Wildman–Crippen MR) is 86.6 cm³/mol. The number of aliphatic imine (C=N–C) groups is 1. The Morgan fingerprint density at radius 1 is 1.38 bits per heavy atom. The lowest BCUT2D eigenvalue weighted by molar-refractivity contribution is 0.550. The molecule has 1 aliphatic carbocycles. The zero-order valence-electron chi connectivity index (χ0n) is 12.7. The maximum atomic E-state index is 5.81. The van der Waals surface area contributed by atoms with Crippen LogP contribution in [0.5, 0.6) is 0 Å². The molecule has 0 radical (unpaired) electrons. The molecule has 1 saturated carbocycles. The van der Waals surface area contributed by atoms with Gasteiger partial charge in [-0.05, 0) is 31.4 Å². The number of hydrogen-bond acceptors (Lipinski definition) is 2. The standard InChI is InChI=1S/C17H23N3O/c1-3-18-17(20-15-10-12(15)2)19-9-8-14-11-13-6-4-5-7-16(13)21-14/h4-7,11-12,15H,3,8-10H2,1-2H3,(H2,18,19,20). The number of benzene rings is 1. The third kappa shape index (κ3) is 3.57. The Kier molecular flexibility index (Phi) is 4.13. The largest absolute Gasteiger partial charge is 0.461 e. The molecule has 3 rings (SSSR count). The fraction of sp³-hybridized carbons (Fsp3) is 0.471. The van der Waals surface area contributed by atoms with E-state index in [0.29, 0.717) is 6.04 Å². The van der Waals surface area contributed by atoms with Gasteiger partial charge in [0, 0.05) is 30.9 Å². The summed E-state index contributed by atoms with van der Waals surface area (Å²) in [6.45, 7) is 5.97.